The lowest BCUT2D eigenvalue weighted by Crippen LogP contribution is -1.89. The predicted molar refractivity (Wildman–Crippen MR) is 56.2 cm³/mol. The third-order valence-corrected chi connectivity index (χ3v) is 1.31. The van der Waals surface area contributed by atoms with Crippen LogP contribution in [-0.2, 0) is 0 Å². The van der Waals surface area contributed by atoms with Crippen molar-refractivity contribution >= 4 is 5.69 Å². The van der Waals surface area contributed by atoms with Crippen LogP contribution in [-0.4, -0.2) is 12.1 Å². The van der Waals surface area contributed by atoms with E-state index < -0.39 is 0 Å². The number of aryl methyl sites for hydroxylation is 1. The summed E-state index contributed by atoms with van der Waals surface area (Å²) >= 11 is 0. The Morgan fingerprint density at radius 1 is 1.21 bits per heavy atom. The number of nitro groups is 1. The van der Waals surface area contributed by atoms with Crippen LogP contribution in [0.1, 0.15) is 19.4 Å². The minimum Gasteiger partial charge on any atom is -0.258 e. The summed E-state index contributed by atoms with van der Waals surface area (Å²) in [4.78, 5) is 9.85. The van der Waals surface area contributed by atoms with E-state index in [1.165, 1.54) is 6.07 Å². The molecule has 0 aliphatic heterocycles. The summed E-state index contributed by atoms with van der Waals surface area (Å²) in [5.74, 6) is 0. The van der Waals surface area contributed by atoms with E-state index >= 15 is 0 Å². The first-order valence-corrected chi connectivity index (χ1v) is 4.29. The number of nitrogens with zero attached hydrogens (tertiary/aromatic N) is 1. The van der Waals surface area contributed by atoms with E-state index in [4.69, 9.17) is 0 Å². The molecule has 3 nitrogen and oxygen atoms in total. The lowest BCUT2D eigenvalue weighted by molar-refractivity contribution is -0.385. The first kappa shape index (κ1) is 15.0. The summed E-state index contributed by atoms with van der Waals surface area (Å²) in [6.07, 6.45) is 0. The number of hydrogen-bond donors (Lipinski definition) is 0. The maximum Gasteiger partial charge on any atom is 0.272 e. The molecule has 1 aromatic rings. The van der Waals surface area contributed by atoms with Gasteiger partial charge in [-0.1, -0.05) is 32.0 Å². The van der Waals surface area contributed by atoms with Crippen LogP contribution in [0.25, 0.3) is 0 Å². The zero-order chi connectivity index (χ0) is 11.6. The Morgan fingerprint density at radius 3 is 1.93 bits per heavy atom. The molecule has 1 aromatic carbocycles. The summed E-state index contributed by atoms with van der Waals surface area (Å²) in [7, 11) is 0.500. The first-order valence-electron chi connectivity index (χ1n) is 4.29. The van der Waals surface area contributed by atoms with Gasteiger partial charge < -0.3 is 0 Å². The quantitative estimate of drug-likeness (QED) is 0.515. The van der Waals surface area contributed by atoms with Crippen LogP contribution in [0, 0.1) is 17.0 Å². The molecule has 0 heterocycles. The van der Waals surface area contributed by atoms with E-state index in [2.05, 4.69) is 0 Å². The molecule has 0 saturated heterocycles. The number of alkyl halides is 1. The fraction of sp³-hybridized carbons (Fsp3) is 0.400. The molecule has 0 bridgehead atoms. The van der Waals surface area contributed by atoms with Gasteiger partial charge in [0.15, 0.2) is 0 Å². The SMILES string of the molecule is CC.CF.Cc1ccccc1[N+](=O)[O-]. The normalized spacial score (nSPS) is 7.50. The Labute approximate surface area is 83.7 Å². The third kappa shape index (κ3) is 5.24. The van der Waals surface area contributed by atoms with Crippen LogP contribution in [0.3, 0.4) is 0 Å². The average Bonchev–Trinajstić information content (AvgIpc) is 2.24. The number of hydrogen-bond acceptors (Lipinski definition) is 2. The lowest BCUT2D eigenvalue weighted by Gasteiger charge is -1.92. The van der Waals surface area contributed by atoms with Gasteiger partial charge in [0.1, 0.15) is 0 Å². The molecule has 0 aliphatic carbocycles. The van der Waals surface area contributed by atoms with E-state index in [0.717, 1.165) is 0 Å². The van der Waals surface area contributed by atoms with Gasteiger partial charge in [-0.05, 0) is 6.92 Å². The molecular weight excluding hydrogens is 185 g/mol. The van der Waals surface area contributed by atoms with Crippen LogP contribution in [0.5, 0.6) is 0 Å². The van der Waals surface area contributed by atoms with Gasteiger partial charge >= 0.3 is 0 Å². The van der Waals surface area contributed by atoms with Gasteiger partial charge in [0.05, 0.1) is 12.1 Å². The largest absolute Gasteiger partial charge is 0.272 e. The number of benzene rings is 1. The molecule has 0 unspecified atom stereocenters. The zero-order valence-electron chi connectivity index (χ0n) is 8.95. The second kappa shape index (κ2) is 9.64. The molecule has 0 atom stereocenters. The van der Waals surface area contributed by atoms with Gasteiger partial charge in [-0.2, -0.15) is 0 Å². The van der Waals surface area contributed by atoms with Crippen LogP contribution < -0.4 is 0 Å². The Bertz CT molecular complexity index is 264. The maximum atomic E-state index is 10.2. The molecule has 4 heteroatoms. The average molecular weight is 201 g/mol. The Balaban J connectivity index is 0. The molecule has 80 valence electrons. The third-order valence-electron chi connectivity index (χ3n) is 1.31. The topological polar surface area (TPSA) is 43.1 Å². The smallest absolute Gasteiger partial charge is 0.258 e. The molecule has 14 heavy (non-hydrogen) atoms. The van der Waals surface area contributed by atoms with Gasteiger partial charge in [0.2, 0.25) is 0 Å². The number of para-hydroxylation sites is 1. The minimum atomic E-state index is -0.380. The van der Waals surface area contributed by atoms with Crippen molar-refractivity contribution in [3.63, 3.8) is 0 Å². The molecule has 0 spiro atoms. The standard InChI is InChI=1S/C7H7NO2.C2H6.CH3F/c1-6-4-2-3-5-7(6)8(9)10;2*1-2/h2-5H,1H3;1-2H3;1H3. The monoisotopic (exact) mass is 201 g/mol. The van der Waals surface area contributed by atoms with Gasteiger partial charge in [0.25, 0.3) is 5.69 Å². The fourth-order valence-corrected chi connectivity index (χ4v) is 0.768. The molecule has 0 aliphatic rings. The summed E-state index contributed by atoms with van der Waals surface area (Å²) < 4.78 is 9.50. The van der Waals surface area contributed by atoms with Gasteiger partial charge in [-0.25, -0.2) is 0 Å². The Hall–Kier alpha value is -1.45. The predicted octanol–water partition coefficient (Wildman–Crippen LogP) is 3.52. The minimum absolute atomic E-state index is 0.183. The molecule has 0 radical (unpaired) electrons. The number of nitro benzene ring substituents is 1. The van der Waals surface area contributed by atoms with Crippen molar-refractivity contribution < 1.29 is 9.31 Å². The molecule has 0 fully saturated rings. The lowest BCUT2D eigenvalue weighted by atomic mass is 10.2. The summed E-state index contributed by atoms with van der Waals surface area (Å²) in [6, 6.07) is 6.65. The highest BCUT2D eigenvalue weighted by Gasteiger charge is 2.05. The highest BCUT2D eigenvalue weighted by atomic mass is 19.1. The van der Waals surface area contributed by atoms with Crippen LogP contribution in [0.15, 0.2) is 24.3 Å². The van der Waals surface area contributed by atoms with E-state index in [9.17, 15) is 14.5 Å². The van der Waals surface area contributed by atoms with Crippen molar-refractivity contribution in [1.82, 2.24) is 0 Å². The number of rotatable bonds is 1. The van der Waals surface area contributed by atoms with E-state index in [1.54, 1.807) is 25.1 Å². The number of halogens is 1. The van der Waals surface area contributed by atoms with E-state index in [-0.39, 0.29) is 10.6 Å². The van der Waals surface area contributed by atoms with Crippen molar-refractivity contribution in [2.24, 2.45) is 0 Å². The summed E-state index contributed by atoms with van der Waals surface area (Å²) in [5.41, 5.74) is 0.884. The van der Waals surface area contributed by atoms with Crippen molar-refractivity contribution in [1.29, 1.82) is 0 Å². The first-order chi connectivity index (χ1) is 6.72. The molecule has 1 rings (SSSR count). The van der Waals surface area contributed by atoms with Crippen molar-refractivity contribution in [3.8, 4) is 0 Å². The molecule has 0 saturated carbocycles. The highest BCUT2D eigenvalue weighted by Crippen LogP contribution is 2.14. The van der Waals surface area contributed by atoms with Crippen LogP contribution in [0.4, 0.5) is 10.1 Å². The second-order valence-electron chi connectivity index (χ2n) is 2.04. The maximum absolute atomic E-state index is 10.2. The Morgan fingerprint density at radius 2 is 1.64 bits per heavy atom. The summed E-state index contributed by atoms with van der Waals surface area (Å²) in [6.45, 7) is 5.72. The van der Waals surface area contributed by atoms with Crippen LogP contribution >= 0.6 is 0 Å². The Kier molecular flexibility index (Phi) is 10.4. The molecule has 0 amide bonds. The molecule has 0 N–H and O–H groups in total. The fourth-order valence-electron chi connectivity index (χ4n) is 0.768. The van der Waals surface area contributed by atoms with Crippen molar-refractivity contribution in [2.75, 3.05) is 7.18 Å². The van der Waals surface area contributed by atoms with Crippen LogP contribution in [0.2, 0.25) is 0 Å². The van der Waals surface area contributed by atoms with Crippen molar-refractivity contribution in [2.45, 2.75) is 20.8 Å². The van der Waals surface area contributed by atoms with E-state index in [0.29, 0.717) is 12.7 Å². The van der Waals surface area contributed by atoms with Gasteiger partial charge in [-0.15, -0.1) is 0 Å². The molecular formula is C10H16FNO2. The van der Waals surface area contributed by atoms with Gasteiger partial charge in [0, 0.05) is 11.6 Å². The second-order valence-corrected chi connectivity index (χ2v) is 2.04. The summed E-state index contributed by atoms with van der Waals surface area (Å²) in [5, 5.41) is 10.2. The zero-order valence-corrected chi connectivity index (χ0v) is 8.95. The molecule has 0 aromatic heterocycles. The van der Waals surface area contributed by atoms with Crippen molar-refractivity contribution in [3.05, 3.63) is 39.9 Å². The van der Waals surface area contributed by atoms with E-state index in [1.807, 2.05) is 13.8 Å². The highest BCUT2D eigenvalue weighted by molar-refractivity contribution is 5.38. The van der Waals surface area contributed by atoms with Gasteiger partial charge in [-0.3, -0.25) is 14.5 Å².